The number of halogens is 1. The number of aromatic nitrogens is 2. The molecule has 1 heterocycles. The van der Waals surface area contributed by atoms with Crippen molar-refractivity contribution >= 4 is 41.1 Å². The number of benzene rings is 2. The van der Waals surface area contributed by atoms with Gasteiger partial charge in [-0.25, -0.2) is 9.97 Å². The van der Waals surface area contributed by atoms with Crippen molar-refractivity contribution in [1.82, 2.24) is 20.6 Å². The molecule has 0 aliphatic carbocycles. The van der Waals surface area contributed by atoms with E-state index in [0.717, 1.165) is 11.1 Å². The molecule has 1 aromatic heterocycles. The van der Waals surface area contributed by atoms with Crippen molar-refractivity contribution in [3.05, 3.63) is 76.8 Å². The number of carbonyl (C=O) groups is 2. The summed E-state index contributed by atoms with van der Waals surface area (Å²) in [7, 11) is 0. The molecule has 0 fully saturated rings. The van der Waals surface area contributed by atoms with Crippen LogP contribution in [0.25, 0.3) is 17.5 Å². The van der Waals surface area contributed by atoms with E-state index < -0.39 is 0 Å². The van der Waals surface area contributed by atoms with Gasteiger partial charge in [-0.05, 0) is 48.0 Å². The number of carbonyl (C=O) groups excluding carboxylic acids is 2. The summed E-state index contributed by atoms with van der Waals surface area (Å²) in [5, 5.41) is 21.5. The lowest BCUT2D eigenvalue weighted by atomic mass is 10.1. The summed E-state index contributed by atoms with van der Waals surface area (Å²) >= 11 is 6.00. The molecule has 36 heavy (non-hydrogen) atoms. The van der Waals surface area contributed by atoms with E-state index in [9.17, 15) is 9.59 Å². The zero-order valence-electron chi connectivity index (χ0n) is 19.7. The molecule has 0 saturated carbocycles. The number of anilines is 2. The van der Waals surface area contributed by atoms with Crippen molar-refractivity contribution < 1.29 is 9.59 Å². The van der Waals surface area contributed by atoms with Gasteiger partial charge in [-0.2, -0.15) is 5.26 Å². The van der Waals surface area contributed by atoms with E-state index in [1.165, 1.54) is 13.0 Å². The van der Waals surface area contributed by atoms with Crippen molar-refractivity contribution in [2.75, 3.05) is 36.8 Å². The third-order valence-electron chi connectivity index (χ3n) is 4.81. The fourth-order valence-electron chi connectivity index (χ4n) is 3.10. The van der Waals surface area contributed by atoms with E-state index in [0.29, 0.717) is 54.2 Å². The van der Waals surface area contributed by atoms with Gasteiger partial charge in [-0.15, -0.1) is 0 Å². The third-order valence-corrected chi connectivity index (χ3v) is 5.06. The first kappa shape index (κ1) is 26.2. The lowest BCUT2D eigenvalue weighted by Gasteiger charge is -2.12. The second-order valence-electron chi connectivity index (χ2n) is 7.67. The lowest BCUT2D eigenvalue weighted by molar-refractivity contribution is -0.119. The van der Waals surface area contributed by atoms with Crippen molar-refractivity contribution in [3.8, 4) is 17.5 Å². The molecule has 9 nitrogen and oxygen atoms in total. The first-order valence-electron chi connectivity index (χ1n) is 11.3. The largest absolute Gasteiger partial charge is 0.368 e. The van der Waals surface area contributed by atoms with Crippen LogP contribution in [0.5, 0.6) is 0 Å². The lowest BCUT2D eigenvalue weighted by Crippen LogP contribution is -2.27. The van der Waals surface area contributed by atoms with E-state index >= 15 is 0 Å². The zero-order valence-corrected chi connectivity index (χ0v) is 20.5. The molecule has 4 N–H and O–H groups in total. The molecular weight excluding hydrogens is 478 g/mol. The number of hydrogen-bond acceptors (Lipinski definition) is 7. The second-order valence-corrected chi connectivity index (χ2v) is 8.10. The molecule has 0 radical (unpaired) electrons. The Kier molecular flexibility index (Phi) is 9.79. The Balaban J connectivity index is 1.58. The molecule has 0 aliphatic heterocycles. The van der Waals surface area contributed by atoms with Crippen molar-refractivity contribution in [2.24, 2.45) is 0 Å². The minimum Gasteiger partial charge on any atom is -0.368 e. The maximum atomic E-state index is 12.1. The molecule has 10 heteroatoms. The van der Waals surface area contributed by atoms with Gasteiger partial charge in [0.05, 0.1) is 11.6 Å². The van der Waals surface area contributed by atoms with E-state index in [-0.39, 0.29) is 11.8 Å². The van der Waals surface area contributed by atoms with Crippen LogP contribution in [0.3, 0.4) is 0 Å². The predicted molar refractivity (Wildman–Crippen MR) is 141 cm³/mol. The molecule has 0 spiro atoms. The summed E-state index contributed by atoms with van der Waals surface area (Å²) in [6, 6.07) is 18.0. The van der Waals surface area contributed by atoms with Gasteiger partial charge in [0, 0.05) is 55.8 Å². The highest BCUT2D eigenvalue weighted by Crippen LogP contribution is 2.22. The molecule has 0 bridgehead atoms. The summed E-state index contributed by atoms with van der Waals surface area (Å²) in [4.78, 5) is 32.3. The molecular formula is C26H26ClN7O2. The third kappa shape index (κ3) is 8.74. The molecule has 0 unspecified atom stereocenters. The van der Waals surface area contributed by atoms with Crippen LogP contribution in [0, 0.1) is 11.3 Å². The number of nitrogens with one attached hydrogen (secondary N) is 4. The van der Waals surface area contributed by atoms with Gasteiger partial charge < -0.3 is 21.3 Å². The predicted octanol–water partition coefficient (Wildman–Crippen LogP) is 3.46. The number of hydrogen-bond donors (Lipinski definition) is 4. The molecule has 3 aromatic rings. The van der Waals surface area contributed by atoms with Gasteiger partial charge in [-0.1, -0.05) is 23.7 Å². The van der Waals surface area contributed by atoms with Crippen LogP contribution in [0.15, 0.2) is 60.7 Å². The standard InChI is InChI=1S/C26H26ClN7O2/c1-18(35)29-11-12-30-23-16-24(34-26(33-23)21-6-8-22(27)9-7-21)31-13-14-32-25(36)10-5-19-3-2-4-20(15-19)17-28/h2-10,15-16H,11-14H2,1H3,(H,29,35)(H,32,36)(H2,30,31,33,34). The fourth-order valence-corrected chi connectivity index (χ4v) is 3.23. The maximum Gasteiger partial charge on any atom is 0.244 e. The summed E-state index contributed by atoms with van der Waals surface area (Å²) < 4.78 is 0. The van der Waals surface area contributed by atoms with Crippen LogP contribution in [0.2, 0.25) is 5.02 Å². The number of nitriles is 1. The molecule has 184 valence electrons. The SMILES string of the molecule is CC(=O)NCCNc1cc(NCCNC(=O)C=Cc2cccc(C#N)c2)nc(-c2ccc(Cl)cc2)n1. The van der Waals surface area contributed by atoms with Gasteiger partial charge in [0.15, 0.2) is 5.82 Å². The monoisotopic (exact) mass is 503 g/mol. The minimum absolute atomic E-state index is 0.101. The molecule has 2 amide bonds. The number of nitrogens with zero attached hydrogens (tertiary/aromatic N) is 3. The quantitative estimate of drug-likeness (QED) is 0.233. The Morgan fingerprint density at radius 2 is 1.61 bits per heavy atom. The smallest absolute Gasteiger partial charge is 0.244 e. The van der Waals surface area contributed by atoms with E-state index in [2.05, 4.69) is 37.3 Å². The molecule has 3 rings (SSSR count). The van der Waals surface area contributed by atoms with Gasteiger partial charge >= 0.3 is 0 Å². The highest BCUT2D eigenvalue weighted by molar-refractivity contribution is 6.30. The normalized spacial score (nSPS) is 10.5. The Labute approximate surface area is 214 Å². The molecule has 0 aliphatic rings. The van der Waals surface area contributed by atoms with Crippen molar-refractivity contribution in [3.63, 3.8) is 0 Å². The summed E-state index contributed by atoms with van der Waals surface area (Å²) in [6.07, 6.45) is 3.09. The first-order chi connectivity index (χ1) is 17.4. The van der Waals surface area contributed by atoms with Crippen LogP contribution in [-0.4, -0.2) is 48.0 Å². The van der Waals surface area contributed by atoms with Crippen molar-refractivity contribution in [2.45, 2.75) is 6.92 Å². The fraction of sp³-hybridized carbons (Fsp3) is 0.192. The van der Waals surface area contributed by atoms with E-state index in [4.69, 9.17) is 16.9 Å². The highest BCUT2D eigenvalue weighted by Gasteiger charge is 2.08. The van der Waals surface area contributed by atoms with Crippen LogP contribution < -0.4 is 21.3 Å². The molecule has 2 aromatic carbocycles. The highest BCUT2D eigenvalue weighted by atomic mass is 35.5. The summed E-state index contributed by atoms with van der Waals surface area (Å²) in [5.41, 5.74) is 2.11. The first-order valence-corrected chi connectivity index (χ1v) is 11.6. The van der Waals surface area contributed by atoms with Gasteiger partial charge in [0.1, 0.15) is 11.6 Å². The maximum absolute atomic E-state index is 12.1. The van der Waals surface area contributed by atoms with Gasteiger partial charge in [-0.3, -0.25) is 9.59 Å². The minimum atomic E-state index is -0.246. The average Bonchev–Trinajstić information content (AvgIpc) is 2.88. The van der Waals surface area contributed by atoms with Gasteiger partial charge in [0.2, 0.25) is 11.8 Å². The molecule has 0 atom stereocenters. The van der Waals surface area contributed by atoms with Crippen LogP contribution in [0.4, 0.5) is 11.6 Å². The Hall–Kier alpha value is -4.42. The number of amides is 2. The van der Waals surface area contributed by atoms with Crippen molar-refractivity contribution in [1.29, 1.82) is 5.26 Å². The summed E-state index contributed by atoms with van der Waals surface area (Å²) in [6.45, 7) is 3.22. The number of rotatable bonds is 11. The van der Waals surface area contributed by atoms with E-state index in [1.54, 1.807) is 42.5 Å². The van der Waals surface area contributed by atoms with Crippen LogP contribution in [0.1, 0.15) is 18.1 Å². The zero-order chi connectivity index (χ0) is 25.8. The Morgan fingerprint density at radius 3 is 2.25 bits per heavy atom. The van der Waals surface area contributed by atoms with Crippen LogP contribution >= 0.6 is 11.6 Å². The van der Waals surface area contributed by atoms with Crippen LogP contribution in [-0.2, 0) is 9.59 Å². The molecule has 0 saturated heterocycles. The van der Waals surface area contributed by atoms with E-state index in [1.807, 2.05) is 18.2 Å². The Morgan fingerprint density at radius 1 is 0.944 bits per heavy atom. The summed E-state index contributed by atoms with van der Waals surface area (Å²) in [5.74, 6) is 1.33. The average molecular weight is 504 g/mol. The topological polar surface area (TPSA) is 132 Å². The van der Waals surface area contributed by atoms with Gasteiger partial charge in [0.25, 0.3) is 0 Å². The Bertz CT molecular complexity index is 1270. The second kappa shape index (κ2) is 13.5.